The average Bonchev–Trinajstić information content (AvgIpc) is 2.79. The first-order chi connectivity index (χ1) is 15.6. The van der Waals surface area contributed by atoms with Crippen LogP contribution in [0.5, 0.6) is 0 Å². The van der Waals surface area contributed by atoms with Crippen molar-refractivity contribution in [3.63, 3.8) is 0 Å². The summed E-state index contributed by atoms with van der Waals surface area (Å²) in [5.74, 6) is -1.54. The van der Waals surface area contributed by atoms with Crippen molar-refractivity contribution in [3.05, 3.63) is 63.2 Å². The molecular weight excluding hydrogens is 450 g/mol. The van der Waals surface area contributed by atoms with Crippen LogP contribution in [0.25, 0.3) is 0 Å². The molecule has 11 heteroatoms. The Morgan fingerprint density at radius 3 is 2.48 bits per heavy atom. The average molecular weight is 476 g/mol. The number of nitro groups is 1. The number of anilines is 1. The molecule has 2 aromatic rings. The van der Waals surface area contributed by atoms with Gasteiger partial charge in [-0.1, -0.05) is 18.6 Å². The lowest BCUT2D eigenvalue weighted by molar-refractivity contribution is -0.385. The largest absolute Gasteiger partial charge is 0.452 e. The fourth-order valence-electron chi connectivity index (χ4n) is 3.65. The molecule has 1 aliphatic heterocycles. The van der Waals surface area contributed by atoms with Crippen LogP contribution in [-0.4, -0.2) is 49.2 Å². The maximum atomic E-state index is 13.0. The number of hydrogen-bond donors (Lipinski definition) is 1. The molecule has 1 N–H and O–H groups in total. The van der Waals surface area contributed by atoms with E-state index in [0.29, 0.717) is 18.7 Å². The maximum Gasteiger partial charge on any atom is 0.339 e. The molecule has 2 aromatic carbocycles. The van der Waals surface area contributed by atoms with Crippen molar-refractivity contribution in [2.24, 2.45) is 0 Å². The number of nitrogens with zero attached hydrogens (tertiary/aromatic N) is 2. The Labute approximate surface area is 191 Å². The summed E-state index contributed by atoms with van der Waals surface area (Å²) in [7, 11) is -3.69. The number of benzene rings is 2. The fourth-order valence-corrected chi connectivity index (χ4v) is 5.42. The van der Waals surface area contributed by atoms with Gasteiger partial charge < -0.3 is 10.1 Å². The molecule has 0 aromatic heterocycles. The fraction of sp³-hybridized carbons (Fsp3) is 0.364. The number of nitrogens with one attached hydrogen (secondary N) is 1. The third-order valence-corrected chi connectivity index (χ3v) is 7.50. The van der Waals surface area contributed by atoms with Gasteiger partial charge in [0.1, 0.15) is 0 Å². The van der Waals surface area contributed by atoms with Gasteiger partial charge in [0.05, 0.1) is 15.4 Å². The highest BCUT2D eigenvalue weighted by Gasteiger charge is 2.28. The minimum absolute atomic E-state index is 0.0118. The van der Waals surface area contributed by atoms with Crippen LogP contribution in [0.2, 0.25) is 0 Å². The van der Waals surface area contributed by atoms with Gasteiger partial charge in [0.25, 0.3) is 11.6 Å². The summed E-state index contributed by atoms with van der Waals surface area (Å²) in [6.45, 7) is 3.40. The first-order valence-electron chi connectivity index (χ1n) is 10.4. The molecule has 0 radical (unpaired) electrons. The maximum absolute atomic E-state index is 13.0. The molecule has 1 saturated heterocycles. The quantitative estimate of drug-likeness (QED) is 0.369. The van der Waals surface area contributed by atoms with Crippen molar-refractivity contribution < 1.29 is 27.7 Å². The smallest absolute Gasteiger partial charge is 0.339 e. The Kier molecular flexibility index (Phi) is 7.44. The minimum atomic E-state index is -3.69. The number of nitro benzene ring substituents is 1. The molecule has 1 heterocycles. The van der Waals surface area contributed by atoms with Crippen LogP contribution in [-0.2, 0) is 19.6 Å². The van der Waals surface area contributed by atoms with Crippen LogP contribution in [0.3, 0.4) is 0 Å². The first kappa shape index (κ1) is 24.3. The Hall–Kier alpha value is -3.31. The van der Waals surface area contributed by atoms with E-state index in [1.54, 1.807) is 19.1 Å². The van der Waals surface area contributed by atoms with Gasteiger partial charge in [-0.2, -0.15) is 4.31 Å². The molecule has 176 valence electrons. The van der Waals surface area contributed by atoms with Crippen LogP contribution in [0.1, 0.15) is 40.7 Å². The number of carbonyl (C=O) groups excluding carboxylic acids is 2. The molecule has 0 bridgehead atoms. The van der Waals surface area contributed by atoms with E-state index in [9.17, 15) is 28.1 Å². The monoisotopic (exact) mass is 475 g/mol. The topological polar surface area (TPSA) is 136 Å². The minimum Gasteiger partial charge on any atom is -0.452 e. The predicted molar refractivity (Wildman–Crippen MR) is 121 cm³/mol. The number of rotatable bonds is 7. The van der Waals surface area contributed by atoms with Crippen molar-refractivity contribution in [2.45, 2.75) is 38.0 Å². The van der Waals surface area contributed by atoms with Crippen LogP contribution in [0, 0.1) is 24.0 Å². The molecule has 0 atom stereocenters. The molecule has 0 saturated carbocycles. The summed E-state index contributed by atoms with van der Waals surface area (Å²) in [5.41, 5.74) is 0.715. The lowest BCUT2D eigenvalue weighted by Gasteiger charge is -2.26. The zero-order valence-electron chi connectivity index (χ0n) is 18.4. The third kappa shape index (κ3) is 5.55. The number of aryl methyl sites for hydroxylation is 1. The van der Waals surface area contributed by atoms with Gasteiger partial charge in [0, 0.05) is 30.4 Å². The van der Waals surface area contributed by atoms with Crippen LogP contribution in [0.4, 0.5) is 11.4 Å². The van der Waals surface area contributed by atoms with E-state index in [-0.39, 0.29) is 27.4 Å². The van der Waals surface area contributed by atoms with Crippen molar-refractivity contribution in [2.75, 3.05) is 25.0 Å². The van der Waals surface area contributed by atoms with Gasteiger partial charge in [-0.3, -0.25) is 14.9 Å². The zero-order valence-corrected chi connectivity index (χ0v) is 19.2. The molecule has 3 rings (SSSR count). The Morgan fingerprint density at radius 1 is 1.12 bits per heavy atom. The van der Waals surface area contributed by atoms with Crippen molar-refractivity contribution in [3.8, 4) is 0 Å². The van der Waals surface area contributed by atoms with Crippen LogP contribution in [0.15, 0.2) is 41.3 Å². The van der Waals surface area contributed by atoms with Crippen molar-refractivity contribution >= 4 is 33.3 Å². The predicted octanol–water partition coefficient (Wildman–Crippen LogP) is 3.18. The highest BCUT2D eigenvalue weighted by molar-refractivity contribution is 7.89. The van der Waals surface area contributed by atoms with Gasteiger partial charge in [-0.05, 0) is 50.5 Å². The van der Waals surface area contributed by atoms with Gasteiger partial charge >= 0.3 is 5.97 Å². The van der Waals surface area contributed by atoms with Crippen LogP contribution >= 0.6 is 0 Å². The zero-order chi connectivity index (χ0) is 24.2. The van der Waals surface area contributed by atoms with Gasteiger partial charge in [-0.25, -0.2) is 13.2 Å². The summed E-state index contributed by atoms with van der Waals surface area (Å²) in [5, 5.41) is 13.6. The first-order valence-corrected chi connectivity index (χ1v) is 11.9. The number of piperidine rings is 1. The van der Waals surface area contributed by atoms with Gasteiger partial charge in [0.2, 0.25) is 10.0 Å². The molecule has 33 heavy (non-hydrogen) atoms. The molecule has 1 fully saturated rings. The van der Waals surface area contributed by atoms with Crippen LogP contribution < -0.4 is 5.32 Å². The molecule has 0 aliphatic carbocycles. The molecule has 1 aliphatic rings. The summed E-state index contributed by atoms with van der Waals surface area (Å²) in [4.78, 5) is 35.1. The second kappa shape index (κ2) is 10.1. The summed E-state index contributed by atoms with van der Waals surface area (Å²) >= 11 is 0. The molecule has 1 amide bonds. The highest BCUT2D eigenvalue weighted by Crippen LogP contribution is 2.26. The Balaban J connectivity index is 1.68. The second-order valence-electron chi connectivity index (χ2n) is 7.78. The number of sulfonamides is 1. The van der Waals surface area contributed by atoms with Crippen molar-refractivity contribution in [1.29, 1.82) is 0 Å². The lowest BCUT2D eigenvalue weighted by atomic mass is 10.1. The number of carbonyl (C=O) groups is 2. The van der Waals surface area contributed by atoms with E-state index in [4.69, 9.17) is 4.74 Å². The van der Waals surface area contributed by atoms with E-state index < -0.39 is 33.4 Å². The number of esters is 1. The third-order valence-electron chi connectivity index (χ3n) is 5.46. The molecule has 0 spiro atoms. The van der Waals surface area contributed by atoms with E-state index in [1.807, 2.05) is 0 Å². The number of ether oxygens (including phenoxy) is 1. The normalized spacial score (nSPS) is 14.5. The van der Waals surface area contributed by atoms with E-state index in [2.05, 4.69) is 5.32 Å². The van der Waals surface area contributed by atoms with E-state index in [1.165, 1.54) is 35.5 Å². The van der Waals surface area contributed by atoms with Crippen molar-refractivity contribution in [1.82, 2.24) is 4.31 Å². The molecular formula is C22H25N3O7S. The van der Waals surface area contributed by atoms with Gasteiger partial charge in [-0.15, -0.1) is 0 Å². The van der Waals surface area contributed by atoms with Gasteiger partial charge in [0.15, 0.2) is 6.61 Å². The van der Waals surface area contributed by atoms with E-state index in [0.717, 1.165) is 19.3 Å². The standard InChI is InChI=1S/C22H25N3O7S/c1-15-9-10-17(13-20(15)33(30,31)24-11-4-3-5-12-24)23-21(26)14-32-22(27)18-7-6-8-19(16(18)2)25(28)29/h6-10,13H,3-5,11-12,14H2,1-2H3,(H,23,26). The summed E-state index contributed by atoms with van der Waals surface area (Å²) in [6.07, 6.45) is 2.61. The number of amides is 1. The lowest BCUT2D eigenvalue weighted by Crippen LogP contribution is -2.36. The highest BCUT2D eigenvalue weighted by atomic mass is 32.2. The molecule has 0 unspecified atom stereocenters. The Bertz CT molecular complexity index is 1190. The molecule has 10 nitrogen and oxygen atoms in total. The second-order valence-corrected chi connectivity index (χ2v) is 9.68. The summed E-state index contributed by atoms with van der Waals surface area (Å²) < 4.78 is 32.5. The Morgan fingerprint density at radius 2 is 1.82 bits per heavy atom. The SMILES string of the molecule is Cc1ccc(NC(=O)COC(=O)c2cccc([N+](=O)[O-])c2C)cc1S(=O)(=O)N1CCCCC1. The summed E-state index contributed by atoms with van der Waals surface area (Å²) in [6, 6.07) is 8.56. The van der Waals surface area contributed by atoms with E-state index >= 15 is 0 Å². The number of hydrogen-bond acceptors (Lipinski definition) is 7.